The van der Waals surface area contributed by atoms with Crippen LogP contribution in [0, 0.1) is 0 Å². The highest BCUT2D eigenvalue weighted by Crippen LogP contribution is 2.44. The third-order valence-electron chi connectivity index (χ3n) is 7.61. The van der Waals surface area contributed by atoms with Crippen molar-refractivity contribution in [3.8, 4) is 39.9 Å². The highest BCUT2D eigenvalue weighted by molar-refractivity contribution is 5.85. The van der Waals surface area contributed by atoms with E-state index in [0.717, 1.165) is 6.07 Å². The minimum absolute atomic E-state index is 0.0121. The molecule has 44 heavy (non-hydrogen) atoms. The summed E-state index contributed by atoms with van der Waals surface area (Å²) in [6.07, 6.45) is -13.0. The van der Waals surface area contributed by atoms with Gasteiger partial charge < -0.3 is 73.3 Å². The van der Waals surface area contributed by atoms with E-state index in [0.29, 0.717) is 22.8 Å². The standard InChI is InChI=1S/C28H30O16/c1-37-17-2-10(3-18-26(17)42-9-41-18)12-6-38-15-5-13(29)16(4-11(15)20(12)31)43-28-25(36)23(34)22(33)19(44-28)8-40-27-24(35)21(32)14(30)7-39-27/h2-6,14,19,21-25,27-30,32-36H,7-9H2,1H3. The molecule has 3 aromatic rings. The molecule has 1 aromatic heterocycles. The second-order valence-electron chi connectivity index (χ2n) is 10.4. The summed E-state index contributed by atoms with van der Waals surface area (Å²) in [6, 6.07) is 5.45. The summed E-state index contributed by atoms with van der Waals surface area (Å²) in [5.41, 5.74) is 0.0290. The van der Waals surface area contributed by atoms with E-state index in [1.54, 1.807) is 12.1 Å². The van der Waals surface area contributed by atoms with Crippen LogP contribution in [0.1, 0.15) is 0 Å². The van der Waals surface area contributed by atoms with E-state index in [2.05, 4.69) is 0 Å². The molecule has 9 unspecified atom stereocenters. The summed E-state index contributed by atoms with van der Waals surface area (Å²) >= 11 is 0. The fraction of sp³-hybridized carbons (Fsp3) is 0.464. The first-order valence-electron chi connectivity index (χ1n) is 13.5. The Morgan fingerprint density at radius 3 is 2.43 bits per heavy atom. The molecular formula is C28H30O16. The smallest absolute Gasteiger partial charge is 0.231 e. The summed E-state index contributed by atoms with van der Waals surface area (Å²) in [4.78, 5) is 13.6. The van der Waals surface area contributed by atoms with E-state index in [1.807, 2.05) is 0 Å². The van der Waals surface area contributed by atoms with Crippen LogP contribution in [-0.4, -0.2) is 118 Å². The maximum Gasteiger partial charge on any atom is 0.231 e. The zero-order valence-electron chi connectivity index (χ0n) is 23.0. The predicted molar refractivity (Wildman–Crippen MR) is 143 cm³/mol. The third kappa shape index (κ3) is 5.40. The van der Waals surface area contributed by atoms with Gasteiger partial charge in [0.2, 0.25) is 24.3 Å². The van der Waals surface area contributed by atoms with E-state index in [1.165, 1.54) is 19.4 Å². The number of phenolic OH excluding ortho intramolecular Hbond substituents is 1. The summed E-state index contributed by atoms with van der Waals surface area (Å²) in [5, 5.41) is 71.6. The molecule has 2 fully saturated rings. The van der Waals surface area contributed by atoms with Crippen LogP contribution in [0.3, 0.4) is 0 Å². The molecule has 16 heteroatoms. The van der Waals surface area contributed by atoms with Gasteiger partial charge in [0.05, 0.1) is 31.3 Å². The van der Waals surface area contributed by atoms with Crippen LogP contribution >= 0.6 is 0 Å². The van der Waals surface area contributed by atoms with Gasteiger partial charge in [-0.15, -0.1) is 0 Å². The van der Waals surface area contributed by atoms with Gasteiger partial charge in [0.25, 0.3) is 0 Å². The van der Waals surface area contributed by atoms with Gasteiger partial charge in [-0.3, -0.25) is 4.79 Å². The van der Waals surface area contributed by atoms with Crippen LogP contribution in [0.5, 0.6) is 28.7 Å². The van der Waals surface area contributed by atoms with Crippen molar-refractivity contribution in [2.75, 3.05) is 27.1 Å². The fourth-order valence-electron chi connectivity index (χ4n) is 5.12. The number of methoxy groups -OCH3 is 1. The molecule has 7 N–H and O–H groups in total. The Labute approximate surface area is 247 Å². The van der Waals surface area contributed by atoms with Gasteiger partial charge in [-0.25, -0.2) is 0 Å². The van der Waals surface area contributed by atoms with Gasteiger partial charge >= 0.3 is 0 Å². The van der Waals surface area contributed by atoms with Crippen LogP contribution < -0.4 is 24.4 Å². The fourth-order valence-corrected chi connectivity index (χ4v) is 5.12. The number of fused-ring (bicyclic) bond motifs is 2. The van der Waals surface area contributed by atoms with E-state index in [-0.39, 0.29) is 35.7 Å². The Bertz CT molecular complexity index is 1570. The van der Waals surface area contributed by atoms with Crippen LogP contribution in [0.2, 0.25) is 0 Å². The summed E-state index contributed by atoms with van der Waals surface area (Å²) in [7, 11) is 1.44. The highest BCUT2D eigenvalue weighted by atomic mass is 16.7. The zero-order valence-corrected chi connectivity index (χ0v) is 23.0. The monoisotopic (exact) mass is 622 g/mol. The molecule has 2 aromatic carbocycles. The maximum atomic E-state index is 13.6. The quantitative estimate of drug-likeness (QED) is 0.159. The van der Waals surface area contributed by atoms with Crippen molar-refractivity contribution in [3.63, 3.8) is 0 Å². The second kappa shape index (κ2) is 12.0. The Morgan fingerprint density at radius 1 is 0.886 bits per heavy atom. The largest absolute Gasteiger partial charge is 0.504 e. The lowest BCUT2D eigenvalue weighted by molar-refractivity contribution is -0.307. The Kier molecular flexibility index (Phi) is 8.27. The van der Waals surface area contributed by atoms with Crippen LogP contribution in [0.4, 0.5) is 0 Å². The molecule has 3 aliphatic rings. The van der Waals surface area contributed by atoms with E-state index in [4.69, 9.17) is 37.6 Å². The molecular weight excluding hydrogens is 592 g/mol. The van der Waals surface area contributed by atoms with Crippen LogP contribution in [0.25, 0.3) is 22.1 Å². The van der Waals surface area contributed by atoms with Crippen molar-refractivity contribution < 1.29 is 73.3 Å². The number of aromatic hydroxyl groups is 1. The van der Waals surface area contributed by atoms with Gasteiger partial charge in [0.1, 0.15) is 54.6 Å². The molecule has 3 aliphatic heterocycles. The first-order valence-corrected chi connectivity index (χ1v) is 13.5. The first kappa shape index (κ1) is 30.3. The van der Waals surface area contributed by atoms with Gasteiger partial charge in [-0.1, -0.05) is 0 Å². The lowest BCUT2D eigenvalue weighted by Crippen LogP contribution is -2.61. The van der Waals surface area contributed by atoms with Crippen molar-refractivity contribution in [1.29, 1.82) is 0 Å². The van der Waals surface area contributed by atoms with E-state index >= 15 is 0 Å². The summed E-state index contributed by atoms with van der Waals surface area (Å²) in [5.74, 6) is 0.289. The second-order valence-corrected chi connectivity index (χ2v) is 10.4. The third-order valence-corrected chi connectivity index (χ3v) is 7.61. The van der Waals surface area contributed by atoms with E-state index < -0.39 is 73.1 Å². The normalized spacial score (nSPS) is 31.7. The number of phenols is 1. The van der Waals surface area contributed by atoms with Crippen molar-refractivity contribution in [2.45, 2.75) is 55.3 Å². The molecule has 0 aliphatic carbocycles. The van der Waals surface area contributed by atoms with Crippen molar-refractivity contribution in [1.82, 2.24) is 0 Å². The molecule has 4 heterocycles. The molecule has 0 bridgehead atoms. The van der Waals surface area contributed by atoms with Crippen LogP contribution in [-0.2, 0) is 14.2 Å². The van der Waals surface area contributed by atoms with Gasteiger partial charge in [-0.2, -0.15) is 0 Å². The lowest BCUT2D eigenvalue weighted by Gasteiger charge is -2.41. The van der Waals surface area contributed by atoms with E-state index in [9.17, 15) is 40.5 Å². The predicted octanol–water partition coefficient (Wildman–Crippen LogP) is -1.46. The number of aliphatic hydroxyl groups excluding tert-OH is 6. The Balaban J connectivity index is 1.24. The molecule has 2 saturated heterocycles. The molecule has 0 saturated carbocycles. The SMILES string of the molecule is COc1cc(-c2coc3cc(O)c(OC4OC(COC5OCC(O)C(O)C5O)C(O)C(O)C4O)cc3c2=O)cc2c1OCO2. The number of hydrogen-bond acceptors (Lipinski definition) is 16. The molecule has 16 nitrogen and oxygen atoms in total. The number of aliphatic hydroxyl groups is 6. The molecule has 6 rings (SSSR count). The lowest BCUT2D eigenvalue weighted by atomic mass is 9.99. The minimum Gasteiger partial charge on any atom is -0.504 e. The zero-order chi connectivity index (χ0) is 31.3. The van der Waals surface area contributed by atoms with Crippen LogP contribution in [0.15, 0.2) is 39.7 Å². The average Bonchev–Trinajstić information content (AvgIpc) is 3.49. The topological polar surface area (TPSA) is 236 Å². The molecule has 0 amide bonds. The highest BCUT2D eigenvalue weighted by Gasteiger charge is 2.46. The van der Waals surface area contributed by atoms with Crippen molar-refractivity contribution in [3.05, 3.63) is 40.8 Å². The summed E-state index contributed by atoms with van der Waals surface area (Å²) in [6.45, 7) is -0.854. The Hall–Kier alpha value is -3.71. The summed E-state index contributed by atoms with van der Waals surface area (Å²) < 4.78 is 43.6. The minimum atomic E-state index is -1.81. The van der Waals surface area contributed by atoms with Gasteiger partial charge in [-0.05, 0) is 23.8 Å². The molecule has 238 valence electrons. The maximum absolute atomic E-state index is 13.6. The van der Waals surface area contributed by atoms with Gasteiger partial charge in [0.15, 0.2) is 29.3 Å². The number of rotatable bonds is 7. The number of hydrogen-bond donors (Lipinski definition) is 7. The van der Waals surface area contributed by atoms with Gasteiger partial charge in [0, 0.05) is 6.07 Å². The molecule has 0 spiro atoms. The molecule has 9 atom stereocenters. The average molecular weight is 623 g/mol. The molecule has 0 radical (unpaired) electrons. The van der Waals surface area contributed by atoms with Crippen molar-refractivity contribution >= 4 is 11.0 Å². The first-order chi connectivity index (χ1) is 21.1. The Morgan fingerprint density at radius 2 is 1.66 bits per heavy atom. The van der Waals surface area contributed by atoms with Crippen molar-refractivity contribution in [2.24, 2.45) is 0 Å². The number of benzene rings is 2. The number of ether oxygens (including phenoxy) is 7.